The molecule has 25 heavy (non-hydrogen) atoms. The quantitative estimate of drug-likeness (QED) is 0.744. The second-order valence-electron chi connectivity index (χ2n) is 6.33. The van der Waals surface area contributed by atoms with E-state index in [1.165, 1.54) is 11.3 Å². The van der Waals surface area contributed by atoms with Gasteiger partial charge in [0.15, 0.2) is 0 Å². The zero-order valence-electron chi connectivity index (χ0n) is 14.0. The van der Waals surface area contributed by atoms with E-state index in [1.807, 2.05) is 12.3 Å². The molecule has 1 aliphatic rings. The third kappa shape index (κ3) is 3.51. The van der Waals surface area contributed by atoms with E-state index in [-0.39, 0.29) is 0 Å². The van der Waals surface area contributed by atoms with Crippen molar-refractivity contribution in [1.82, 2.24) is 15.3 Å². The molecule has 2 aromatic heterocycles. The minimum atomic E-state index is 0.661. The smallest absolute Gasteiger partial charge is 0.150 e. The second-order valence-corrected chi connectivity index (χ2v) is 6.33. The molecule has 4 rings (SSSR count). The number of rotatable bonds is 4. The lowest BCUT2D eigenvalue weighted by atomic mass is 10.0. The van der Waals surface area contributed by atoms with Crippen molar-refractivity contribution in [2.75, 3.05) is 31.1 Å². The van der Waals surface area contributed by atoms with Gasteiger partial charge in [-0.2, -0.15) is 0 Å². The molecule has 126 valence electrons. The normalized spacial score (nSPS) is 14.6. The number of fused-ring (bicyclic) bond motifs is 1. The van der Waals surface area contributed by atoms with E-state index in [1.54, 1.807) is 12.3 Å². The first-order chi connectivity index (χ1) is 12.3. The number of aromatic nitrogens is 2. The van der Waals surface area contributed by atoms with Gasteiger partial charge in [0.2, 0.25) is 0 Å². The summed E-state index contributed by atoms with van der Waals surface area (Å²) in [6, 6.07) is 12.1. The van der Waals surface area contributed by atoms with Crippen molar-refractivity contribution in [3.63, 3.8) is 0 Å². The minimum Gasteiger partial charge on any atom is -0.368 e. The van der Waals surface area contributed by atoms with Crippen LogP contribution >= 0.6 is 0 Å². The van der Waals surface area contributed by atoms with Crippen molar-refractivity contribution in [1.29, 1.82) is 0 Å². The summed E-state index contributed by atoms with van der Waals surface area (Å²) < 4.78 is 0. The fourth-order valence-corrected chi connectivity index (χ4v) is 3.25. The Kier molecular flexibility index (Phi) is 4.39. The molecule has 0 radical (unpaired) electrons. The summed E-state index contributed by atoms with van der Waals surface area (Å²) in [6.45, 7) is 4.04. The molecule has 1 aliphatic heterocycles. The Bertz CT molecular complexity index is 903. The highest BCUT2D eigenvalue weighted by Gasteiger charge is 2.11. The van der Waals surface area contributed by atoms with Gasteiger partial charge in [-0.1, -0.05) is 6.07 Å². The fraction of sp³-hybridized carbons (Fsp3) is 0.250. The van der Waals surface area contributed by atoms with Crippen molar-refractivity contribution < 1.29 is 4.79 Å². The van der Waals surface area contributed by atoms with Gasteiger partial charge in [-0.3, -0.25) is 14.8 Å². The van der Waals surface area contributed by atoms with E-state index in [9.17, 15) is 4.79 Å². The minimum absolute atomic E-state index is 0.661. The summed E-state index contributed by atoms with van der Waals surface area (Å²) in [7, 11) is 0. The molecule has 0 atom stereocenters. The summed E-state index contributed by atoms with van der Waals surface area (Å²) in [5, 5.41) is 4.51. The number of pyridine rings is 2. The first kappa shape index (κ1) is 15.7. The third-order valence-corrected chi connectivity index (χ3v) is 4.58. The van der Waals surface area contributed by atoms with Crippen LogP contribution in [0.25, 0.3) is 10.9 Å². The molecule has 3 heterocycles. The van der Waals surface area contributed by atoms with Crippen LogP contribution in [0.2, 0.25) is 0 Å². The van der Waals surface area contributed by atoms with Gasteiger partial charge in [0, 0.05) is 55.4 Å². The summed E-state index contributed by atoms with van der Waals surface area (Å²) >= 11 is 0. The van der Waals surface area contributed by atoms with Crippen LogP contribution < -0.4 is 10.2 Å². The molecular weight excluding hydrogens is 312 g/mol. The third-order valence-electron chi connectivity index (χ3n) is 4.58. The molecule has 5 nitrogen and oxygen atoms in total. The predicted octanol–water partition coefficient (Wildman–Crippen LogP) is 2.44. The standard InChI is InChI=1S/C20H20N4O/c25-14-16-3-4-22-18(11-16)10-15-1-2-20-17(9-15)12-19(13-23-20)24-7-5-21-6-8-24/h1-4,9,11-14,21H,5-8,10H2. The van der Waals surface area contributed by atoms with Crippen molar-refractivity contribution in [2.24, 2.45) is 0 Å². The Morgan fingerprint density at radius 2 is 1.96 bits per heavy atom. The van der Waals surface area contributed by atoms with Gasteiger partial charge in [0.05, 0.1) is 17.4 Å². The number of hydrogen-bond donors (Lipinski definition) is 1. The highest BCUT2D eigenvalue weighted by Crippen LogP contribution is 2.22. The average Bonchev–Trinajstić information content (AvgIpc) is 2.68. The Morgan fingerprint density at radius 1 is 1.08 bits per heavy atom. The van der Waals surface area contributed by atoms with Crippen LogP contribution in [0.5, 0.6) is 0 Å². The summed E-state index contributed by atoms with van der Waals surface area (Å²) in [5.41, 5.74) is 4.90. The first-order valence-corrected chi connectivity index (χ1v) is 8.56. The van der Waals surface area contributed by atoms with Crippen LogP contribution in [0.1, 0.15) is 21.6 Å². The fourth-order valence-electron chi connectivity index (χ4n) is 3.25. The van der Waals surface area contributed by atoms with Crippen LogP contribution in [0.3, 0.4) is 0 Å². The molecule has 1 aromatic carbocycles. The van der Waals surface area contributed by atoms with Crippen molar-refractivity contribution >= 4 is 22.9 Å². The van der Waals surface area contributed by atoms with Crippen molar-refractivity contribution in [3.05, 3.63) is 65.6 Å². The van der Waals surface area contributed by atoms with Crippen LogP contribution in [-0.2, 0) is 6.42 Å². The number of nitrogens with one attached hydrogen (secondary N) is 1. The number of carbonyl (C=O) groups excluding carboxylic acids is 1. The Labute approximate surface area is 146 Å². The molecule has 1 fully saturated rings. The van der Waals surface area contributed by atoms with Gasteiger partial charge >= 0.3 is 0 Å². The van der Waals surface area contributed by atoms with Gasteiger partial charge in [-0.05, 0) is 35.9 Å². The highest BCUT2D eigenvalue weighted by atomic mass is 16.1. The summed E-state index contributed by atoms with van der Waals surface area (Å²) in [5.74, 6) is 0. The molecule has 0 spiro atoms. The number of aldehydes is 1. The van der Waals surface area contributed by atoms with Gasteiger partial charge in [0.25, 0.3) is 0 Å². The molecule has 0 bridgehead atoms. The molecule has 1 saturated heterocycles. The van der Waals surface area contributed by atoms with Crippen LogP contribution in [0.15, 0.2) is 48.8 Å². The number of anilines is 1. The van der Waals surface area contributed by atoms with Crippen molar-refractivity contribution in [3.8, 4) is 0 Å². The maximum Gasteiger partial charge on any atom is 0.150 e. The lowest BCUT2D eigenvalue weighted by molar-refractivity contribution is 0.112. The van der Waals surface area contributed by atoms with Gasteiger partial charge in [0.1, 0.15) is 6.29 Å². The van der Waals surface area contributed by atoms with Crippen molar-refractivity contribution in [2.45, 2.75) is 6.42 Å². The Balaban J connectivity index is 1.62. The molecule has 1 N–H and O–H groups in total. The summed E-state index contributed by atoms with van der Waals surface area (Å²) in [4.78, 5) is 22.3. The lowest BCUT2D eigenvalue weighted by Crippen LogP contribution is -2.43. The van der Waals surface area contributed by atoms with E-state index < -0.39 is 0 Å². The SMILES string of the molecule is O=Cc1ccnc(Cc2ccc3ncc(N4CCNCC4)cc3c2)c1. The van der Waals surface area contributed by atoms with Crippen LogP contribution in [0, 0.1) is 0 Å². The molecule has 0 amide bonds. The largest absolute Gasteiger partial charge is 0.368 e. The monoisotopic (exact) mass is 332 g/mol. The Morgan fingerprint density at radius 3 is 2.80 bits per heavy atom. The zero-order chi connectivity index (χ0) is 17.1. The highest BCUT2D eigenvalue weighted by molar-refractivity contribution is 5.82. The molecule has 3 aromatic rings. The number of hydrogen-bond acceptors (Lipinski definition) is 5. The van der Waals surface area contributed by atoms with Gasteiger partial charge in [-0.25, -0.2) is 0 Å². The predicted molar refractivity (Wildman–Crippen MR) is 99.3 cm³/mol. The van der Waals surface area contributed by atoms with Gasteiger partial charge < -0.3 is 10.2 Å². The molecule has 0 unspecified atom stereocenters. The van der Waals surface area contributed by atoms with E-state index in [0.717, 1.165) is 49.1 Å². The first-order valence-electron chi connectivity index (χ1n) is 8.56. The second kappa shape index (κ2) is 6.99. The van der Waals surface area contributed by atoms with E-state index in [2.05, 4.69) is 44.5 Å². The maximum absolute atomic E-state index is 10.9. The number of carbonyl (C=O) groups is 1. The zero-order valence-corrected chi connectivity index (χ0v) is 14.0. The number of benzene rings is 1. The van der Waals surface area contributed by atoms with Crippen LogP contribution in [-0.4, -0.2) is 42.4 Å². The van der Waals surface area contributed by atoms with E-state index in [4.69, 9.17) is 0 Å². The summed E-state index contributed by atoms with van der Waals surface area (Å²) in [6.07, 6.45) is 5.21. The number of nitrogens with zero attached hydrogens (tertiary/aromatic N) is 3. The van der Waals surface area contributed by atoms with E-state index in [0.29, 0.717) is 12.0 Å². The molecular formula is C20H20N4O. The average molecular weight is 332 g/mol. The molecule has 5 heteroatoms. The topological polar surface area (TPSA) is 58.1 Å². The van der Waals surface area contributed by atoms with Crippen LogP contribution in [0.4, 0.5) is 5.69 Å². The molecule has 0 saturated carbocycles. The molecule has 0 aliphatic carbocycles. The maximum atomic E-state index is 10.9. The van der Waals surface area contributed by atoms with Gasteiger partial charge in [-0.15, -0.1) is 0 Å². The van der Waals surface area contributed by atoms with E-state index >= 15 is 0 Å². The Hall–Kier alpha value is -2.79. The number of piperazine rings is 1. The lowest BCUT2D eigenvalue weighted by Gasteiger charge is -2.29.